The van der Waals surface area contributed by atoms with Crippen LogP contribution in [-0.2, 0) is 5.75 Å². The standard InChI is InChI=1S/C14H12Br2N2OS/c15-11-2-1-3-12(7-11)20-8-10-5-4-9(6-13(10)16)14(19)18-17/h1-7H,8,17H2,(H,18,19). The fourth-order valence-corrected chi connectivity index (χ4v) is 3.82. The molecule has 3 nitrogen and oxygen atoms in total. The van der Waals surface area contributed by atoms with Crippen molar-refractivity contribution < 1.29 is 4.79 Å². The van der Waals surface area contributed by atoms with Gasteiger partial charge in [0, 0.05) is 25.2 Å². The predicted octanol–water partition coefficient (Wildman–Crippen LogP) is 4.11. The first-order valence-corrected chi connectivity index (χ1v) is 8.35. The van der Waals surface area contributed by atoms with Crippen molar-refractivity contribution in [3.05, 3.63) is 62.5 Å². The normalized spacial score (nSPS) is 10.3. The number of carbonyl (C=O) groups excluding carboxylic acids is 1. The lowest BCUT2D eigenvalue weighted by molar-refractivity contribution is 0.0953. The predicted molar refractivity (Wildman–Crippen MR) is 89.5 cm³/mol. The van der Waals surface area contributed by atoms with Crippen LogP contribution in [0.2, 0.25) is 0 Å². The zero-order valence-corrected chi connectivity index (χ0v) is 14.4. The topological polar surface area (TPSA) is 55.1 Å². The Labute approximate surface area is 138 Å². The molecule has 0 saturated heterocycles. The Hall–Kier alpha value is -0.820. The highest BCUT2D eigenvalue weighted by atomic mass is 79.9. The quantitative estimate of drug-likeness (QED) is 0.342. The smallest absolute Gasteiger partial charge is 0.265 e. The van der Waals surface area contributed by atoms with Gasteiger partial charge in [-0.15, -0.1) is 11.8 Å². The molecule has 3 N–H and O–H groups in total. The molecule has 0 unspecified atom stereocenters. The molecule has 0 bridgehead atoms. The number of thioether (sulfide) groups is 1. The largest absolute Gasteiger partial charge is 0.290 e. The molecular weight excluding hydrogens is 404 g/mol. The van der Waals surface area contributed by atoms with Crippen molar-refractivity contribution in [3.8, 4) is 0 Å². The van der Waals surface area contributed by atoms with Gasteiger partial charge in [0.25, 0.3) is 5.91 Å². The number of halogens is 2. The molecule has 0 aromatic heterocycles. The van der Waals surface area contributed by atoms with E-state index in [-0.39, 0.29) is 5.91 Å². The summed E-state index contributed by atoms with van der Waals surface area (Å²) >= 11 is 8.68. The average molecular weight is 416 g/mol. The van der Waals surface area contributed by atoms with Crippen LogP contribution in [0, 0.1) is 0 Å². The van der Waals surface area contributed by atoms with E-state index in [1.54, 1.807) is 23.9 Å². The van der Waals surface area contributed by atoms with Gasteiger partial charge in [0.15, 0.2) is 0 Å². The Balaban J connectivity index is 2.08. The van der Waals surface area contributed by atoms with Crippen molar-refractivity contribution in [2.24, 2.45) is 5.84 Å². The number of nitrogens with two attached hydrogens (primary N) is 1. The number of nitrogen functional groups attached to an aromatic ring is 1. The fraction of sp³-hybridized carbons (Fsp3) is 0.0714. The van der Waals surface area contributed by atoms with Crippen molar-refractivity contribution >= 4 is 49.5 Å². The Bertz CT molecular complexity index is 634. The Kier molecular flexibility index (Phi) is 5.65. The van der Waals surface area contributed by atoms with Gasteiger partial charge in [0.2, 0.25) is 0 Å². The molecule has 104 valence electrons. The van der Waals surface area contributed by atoms with Gasteiger partial charge in [0.05, 0.1) is 0 Å². The first-order chi connectivity index (χ1) is 9.60. The van der Waals surface area contributed by atoms with Crippen LogP contribution in [-0.4, -0.2) is 5.91 Å². The van der Waals surface area contributed by atoms with Gasteiger partial charge >= 0.3 is 0 Å². The van der Waals surface area contributed by atoms with Crippen LogP contribution < -0.4 is 11.3 Å². The number of hydrazine groups is 1. The van der Waals surface area contributed by atoms with E-state index < -0.39 is 0 Å². The van der Waals surface area contributed by atoms with E-state index in [2.05, 4.69) is 49.4 Å². The highest BCUT2D eigenvalue weighted by molar-refractivity contribution is 9.10. The zero-order chi connectivity index (χ0) is 14.5. The molecule has 0 saturated carbocycles. The maximum absolute atomic E-state index is 11.4. The van der Waals surface area contributed by atoms with Gasteiger partial charge < -0.3 is 0 Å². The number of benzene rings is 2. The molecule has 0 atom stereocenters. The number of carbonyl (C=O) groups is 1. The molecule has 0 aliphatic heterocycles. The molecule has 1 amide bonds. The van der Waals surface area contributed by atoms with E-state index in [9.17, 15) is 4.79 Å². The molecule has 2 aromatic carbocycles. The van der Waals surface area contributed by atoms with Gasteiger partial charge in [-0.25, -0.2) is 5.84 Å². The highest BCUT2D eigenvalue weighted by Gasteiger charge is 2.07. The van der Waals surface area contributed by atoms with Crippen LogP contribution in [0.15, 0.2) is 56.3 Å². The molecule has 2 aromatic rings. The van der Waals surface area contributed by atoms with Gasteiger partial charge in [0.1, 0.15) is 0 Å². The van der Waals surface area contributed by atoms with Gasteiger partial charge in [-0.2, -0.15) is 0 Å². The average Bonchev–Trinajstić information content (AvgIpc) is 2.45. The number of hydrogen-bond acceptors (Lipinski definition) is 3. The molecule has 0 radical (unpaired) electrons. The summed E-state index contributed by atoms with van der Waals surface area (Å²) in [4.78, 5) is 12.6. The summed E-state index contributed by atoms with van der Waals surface area (Å²) in [6.45, 7) is 0. The van der Waals surface area contributed by atoms with Gasteiger partial charge in [-0.05, 0) is 35.9 Å². The lowest BCUT2D eigenvalue weighted by Crippen LogP contribution is -2.29. The van der Waals surface area contributed by atoms with Crippen molar-refractivity contribution in [2.45, 2.75) is 10.6 Å². The summed E-state index contributed by atoms with van der Waals surface area (Å²) in [6.07, 6.45) is 0. The molecule has 20 heavy (non-hydrogen) atoms. The van der Waals surface area contributed by atoms with E-state index >= 15 is 0 Å². The van der Waals surface area contributed by atoms with Crippen LogP contribution in [0.5, 0.6) is 0 Å². The second-order valence-corrected chi connectivity index (χ2v) is 6.84. The number of hydrogen-bond donors (Lipinski definition) is 2. The third kappa shape index (κ3) is 4.09. The van der Waals surface area contributed by atoms with E-state index in [1.807, 2.05) is 18.2 Å². The maximum Gasteiger partial charge on any atom is 0.265 e. The summed E-state index contributed by atoms with van der Waals surface area (Å²) in [5.74, 6) is 5.64. The Morgan fingerprint density at radius 3 is 2.65 bits per heavy atom. The van der Waals surface area contributed by atoms with Crippen molar-refractivity contribution in [3.63, 3.8) is 0 Å². The van der Waals surface area contributed by atoms with Crippen LogP contribution >= 0.6 is 43.6 Å². The summed E-state index contributed by atoms with van der Waals surface area (Å²) in [5, 5.41) is 0. The van der Waals surface area contributed by atoms with Crippen LogP contribution in [0.4, 0.5) is 0 Å². The lowest BCUT2D eigenvalue weighted by atomic mass is 10.1. The van der Waals surface area contributed by atoms with Crippen molar-refractivity contribution in [1.29, 1.82) is 0 Å². The number of amides is 1. The molecule has 2 rings (SSSR count). The highest BCUT2D eigenvalue weighted by Crippen LogP contribution is 2.29. The minimum atomic E-state index is -0.295. The lowest BCUT2D eigenvalue weighted by Gasteiger charge is -2.07. The Morgan fingerprint density at radius 2 is 2.00 bits per heavy atom. The SMILES string of the molecule is NNC(=O)c1ccc(CSc2cccc(Br)c2)c(Br)c1. The first-order valence-electron chi connectivity index (χ1n) is 5.78. The number of nitrogens with one attached hydrogen (secondary N) is 1. The molecular formula is C14H12Br2N2OS. The number of rotatable bonds is 4. The summed E-state index contributed by atoms with van der Waals surface area (Å²) in [5.41, 5.74) is 3.79. The third-order valence-corrected chi connectivity index (χ3v) is 4.91. The maximum atomic E-state index is 11.4. The molecule has 6 heteroatoms. The van der Waals surface area contributed by atoms with E-state index in [0.717, 1.165) is 20.3 Å². The summed E-state index contributed by atoms with van der Waals surface area (Å²) < 4.78 is 1.97. The monoisotopic (exact) mass is 414 g/mol. The van der Waals surface area contributed by atoms with Crippen LogP contribution in [0.3, 0.4) is 0 Å². The molecule has 0 fully saturated rings. The van der Waals surface area contributed by atoms with Gasteiger partial charge in [-0.3, -0.25) is 10.2 Å². The third-order valence-electron chi connectivity index (χ3n) is 2.64. The second-order valence-electron chi connectivity index (χ2n) is 4.03. The summed E-state index contributed by atoms with van der Waals surface area (Å²) in [6, 6.07) is 13.6. The fourth-order valence-electron chi connectivity index (χ4n) is 1.61. The summed E-state index contributed by atoms with van der Waals surface area (Å²) in [7, 11) is 0. The minimum Gasteiger partial charge on any atom is -0.290 e. The molecule has 0 aliphatic carbocycles. The first kappa shape index (κ1) is 15.6. The molecule has 0 aliphatic rings. The zero-order valence-electron chi connectivity index (χ0n) is 10.4. The second kappa shape index (κ2) is 7.26. The van der Waals surface area contributed by atoms with Crippen LogP contribution in [0.25, 0.3) is 0 Å². The van der Waals surface area contributed by atoms with Crippen molar-refractivity contribution in [1.82, 2.24) is 5.43 Å². The van der Waals surface area contributed by atoms with Crippen molar-refractivity contribution in [2.75, 3.05) is 0 Å². The van der Waals surface area contributed by atoms with E-state index in [4.69, 9.17) is 5.84 Å². The molecule has 0 spiro atoms. The van der Waals surface area contributed by atoms with E-state index in [1.165, 1.54) is 4.90 Å². The Morgan fingerprint density at radius 1 is 1.20 bits per heavy atom. The van der Waals surface area contributed by atoms with Gasteiger partial charge in [-0.1, -0.05) is 44.0 Å². The minimum absolute atomic E-state index is 0.295. The van der Waals surface area contributed by atoms with E-state index in [0.29, 0.717) is 5.56 Å². The van der Waals surface area contributed by atoms with Crippen LogP contribution in [0.1, 0.15) is 15.9 Å². The molecule has 0 heterocycles.